The van der Waals surface area contributed by atoms with E-state index in [0.717, 1.165) is 21.6 Å². The number of cyclic esters (lactones) is 1. The van der Waals surface area contributed by atoms with Crippen molar-refractivity contribution in [2.45, 2.75) is 37.8 Å². The molecule has 0 saturated carbocycles. The van der Waals surface area contributed by atoms with Crippen molar-refractivity contribution in [2.24, 2.45) is 0 Å². The molecule has 4 nitrogen and oxygen atoms in total. The van der Waals surface area contributed by atoms with Crippen LogP contribution in [0, 0.1) is 5.82 Å². The highest BCUT2D eigenvalue weighted by Gasteiger charge is 2.43. The zero-order valence-corrected chi connectivity index (χ0v) is 18.3. The first-order valence-electron chi connectivity index (χ1n) is 10.5. The third kappa shape index (κ3) is 4.50. The SMILES string of the molecule is C[C@@H](c1ccc(-c2ccc(F)cc2)cc1)N1CC[C@](CCCO)(c2cccs2)OC1=O. The molecule has 31 heavy (non-hydrogen) atoms. The number of ether oxygens (including phenoxy) is 1. The van der Waals surface area contributed by atoms with Crippen LogP contribution in [0.1, 0.15) is 42.7 Å². The Morgan fingerprint density at radius 1 is 1.13 bits per heavy atom. The molecule has 3 aromatic rings. The molecule has 1 aliphatic heterocycles. The maximum atomic E-state index is 13.2. The number of nitrogens with zero attached hydrogens (tertiary/aromatic N) is 1. The third-order valence-electron chi connectivity index (χ3n) is 6.02. The highest BCUT2D eigenvalue weighted by molar-refractivity contribution is 7.10. The summed E-state index contributed by atoms with van der Waals surface area (Å²) in [6.45, 7) is 2.66. The summed E-state index contributed by atoms with van der Waals surface area (Å²) >= 11 is 1.59. The fraction of sp³-hybridized carbons (Fsp3) is 0.320. The average Bonchev–Trinajstić information content (AvgIpc) is 3.34. The molecule has 1 saturated heterocycles. The monoisotopic (exact) mass is 439 g/mol. The second kappa shape index (κ2) is 9.20. The van der Waals surface area contributed by atoms with Crippen molar-refractivity contribution in [3.63, 3.8) is 0 Å². The number of aliphatic hydroxyl groups is 1. The Morgan fingerprint density at radius 2 is 1.81 bits per heavy atom. The van der Waals surface area contributed by atoms with Crippen LogP contribution in [0.3, 0.4) is 0 Å². The molecule has 2 heterocycles. The topological polar surface area (TPSA) is 49.8 Å². The lowest BCUT2D eigenvalue weighted by Crippen LogP contribution is -2.48. The minimum absolute atomic E-state index is 0.0746. The van der Waals surface area contributed by atoms with E-state index in [1.165, 1.54) is 12.1 Å². The van der Waals surface area contributed by atoms with Crippen molar-refractivity contribution in [2.75, 3.05) is 13.2 Å². The number of hydrogen-bond acceptors (Lipinski definition) is 4. The zero-order chi connectivity index (χ0) is 21.8. The molecule has 6 heteroatoms. The fourth-order valence-corrected chi connectivity index (χ4v) is 5.09. The summed E-state index contributed by atoms with van der Waals surface area (Å²) in [5.41, 5.74) is 2.30. The molecule has 1 amide bonds. The van der Waals surface area contributed by atoms with E-state index in [2.05, 4.69) is 0 Å². The number of thiophene rings is 1. The summed E-state index contributed by atoms with van der Waals surface area (Å²) in [5, 5.41) is 11.3. The van der Waals surface area contributed by atoms with E-state index < -0.39 is 5.60 Å². The van der Waals surface area contributed by atoms with Crippen LogP contribution in [0.2, 0.25) is 0 Å². The minimum Gasteiger partial charge on any atom is -0.437 e. The van der Waals surface area contributed by atoms with E-state index in [4.69, 9.17) is 4.74 Å². The Morgan fingerprint density at radius 3 is 2.39 bits per heavy atom. The van der Waals surface area contributed by atoms with Crippen molar-refractivity contribution >= 4 is 17.4 Å². The van der Waals surface area contributed by atoms with Gasteiger partial charge in [0.2, 0.25) is 0 Å². The first-order valence-corrected chi connectivity index (χ1v) is 11.4. The molecule has 1 aromatic heterocycles. The normalized spacial score (nSPS) is 19.8. The Kier molecular flexibility index (Phi) is 6.39. The van der Waals surface area contributed by atoms with Crippen molar-refractivity contribution in [3.8, 4) is 11.1 Å². The Hall–Kier alpha value is -2.70. The largest absolute Gasteiger partial charge is 0.437 e. The van der Waals surface area contributed by atoms with Crippen molar-refractivity contribution < 1.29 is 19.0 Å². The molecule has 162 valence electrons. The Bertz CT molecular complexity index is 1000. The smallest absolute Gasteiger partial charge is 0.411 e. The van der Waals surface area contributed by atoms with E-state index in [-0.39, 0.29) is 24.6 Å². The van der Waals surface area contributed by atoms with Gasteiger partial charge in [0.15, 0.2) is 0 Å². The zero-order valence-electron chi connectivity index (χ0n) is 17.5. The standard InChI is InChI=1S/C25H26FNO3S/c1-18(19-5-7-20(8-6-19)21-9-11-22(26)12-10-21)27-15-14-25(13-3-16-28,30-24(27)29)23-4-2-17-31-23/h2,4-12,17-18,28H,3,13-16H2,1H3/t18-,25+/m0/s1. The predicted molar refractivity (Wildman–Crippen MR) is 120 cm³/mol. The summed E-state index contributed by atoms with van der Waals surface area (Å²) in [7, 11) is 0. The van der Waals surface area contributed by atoms with Gasteiger partial charge < -0.3 is 14.7 Å². The highest BCUT2D eigenvalue weighted by Crippen LogP contribution is 2.42. The van der Waals surface area contributed by atoms with E-state index in [1.807, 2.05) is 48.7 Å². The lowest BCUT2D eigenvalue weighted by atomic mass is 9.89. The van der Waals surface area contributed by atoms with Gasteiger partial charge in [-0.2, -0.15) is 0 Å². The van der Waals surface area contributed by atoms with E-state index in [0.29, 0.717) is 25.8 Å². The van der Waals surface area contributed by atoms with Crippen LogP contribution < -0.4 is 0 Å². The van der Waals surface area contributed by atoms with E-state index in [1.54, 1.807) is 28.4 Å². The van der Waals surface area contributed by atoms with Gasteiger partial charge in [-0.1, -0.05) is 42.5 Å². The average molecular weight is 440 g/mol. The third-order valence-corrected chi connectivity index (χ3v) is 7.08. The van der Waals surface area contributed by atoms with Gasteiger partial charge in [-0.25, -0.2) is 9.18 Å². The van der Waals surface area contributed by atoms with Crippen LogP contribution in [0.15, 0.2) is 66.0 Å². The molecule has 0 aliphatic carbocycles. The van der Waals surface area contributed by atoms with Crippen molar-refractivity contribution in [1.29, 1.82) is 0 Å². The molecule has 1 N–H and O–H groups in total. The van der Waals surface area contributed by atoms with Gasteiger partial charge in [-0.3, -0.25) is 0 Å². The maximum Gasteiger partial charge on any atom is 0.411 e. The van der Waals surface area contributed by atoms with Gasteiger partial charge >= 0.3 is 6.09 Å². The number of aliphatic hydroxyl groups excluding tert-OH is 1. The van der Waals surface area contributed by atoms with Gasteiger partial charge in [0.25, 0.3) is 0 Å². The molecule has 2 atom stereocenters. The second-order valence-electron chi connectivity index (χ2n) is 7.91. The molecule has 1 fully saturated rings. The highest BCUT2D eigenvalue weighted by atomic mass is 32.1. The molecule has 0 bridgehead atoms. The van der Waals surface area contributed by atoms with Gasteiger partial charge in [0, 0.05) is 24.4 Å². The van der Waals surface area contributed by atoms with Crippen LogP contribution in [0.25, 0.3) is 11.1 Å². The quantitative estimate of drug-likeness (QED) is 0.482. The van der Waals surface area contributed by atoms with Crippen LogP contribution in [0.4, 0.5) is 9.18 Å². The van der Waals surface area contributed by atoms with Gasteiger partial charge in [0.05, 0.1) is 6.04 Å². The molecule has 0 radical (unpaired) electrons. The number of halogens is 1. The summed E-state index contributed by atoms with van der Waals surface area (Å²) in [5.74, 6) is -0.254. The summed E-state index contributed by atoms with van der Waals surface area (Å²) in [6, 6.07) is 18.2. The fourth-order valence-electron chi connectivity index (χ4n) is 4.17. The first kappa shape index (κ1) is 21.5. The lowest BCUT2D eigenvalue weighted by molar-refractivity contribution is -0.0658. The maximum absolute atomic E-state index is 13.2. The number of amides is 1. The minimum atomic E-state index is -0.656. The first-order chi connectivity index (χ1) is 15.0. The summed E-state index contributed by atoms with van der Waals surface area (Å²) < 4.78 is 19.2. The molecular weight excluding hydrogens is 413 g/mol. The molecule has 1 aliphatic rings. The second-order valence-corrected chi connectivity index (χ2v) is 8.86. The lowest BCUT2D eigenvalue weighted by Gasteiger charge is -2.43. The molecule has 2 aromatic carbocycles. The molecule has 0 spiro atoms. The van der Waals surface area contributed by atoms with E-state index in [9.17, 15) is 14.3 Å². The Balaban J connectivity index is 1.49. The number of carbonyl (C=O) groups is 1. The summed E-state index contributed by atoms with van der Waals surface area (Å²) in [4.78, 5) is 15.8. The van der Waals surface area contributed by atoms with Gasteiger partial charge in [-0.15, -0.1) is 11.3 Å². The number of rotatable bonds is 7. The van der Waals surface area contributed by atoms with Crippen LogP contribution >= 0.6 is 11.3 Å². The van der Waals surface area contributed by atoms with Crippen molar-refractivity contribution in [1.82, 2.24) is 4.90 Å². The van der Waals surface area contributed by atoms with E-state index >= 15 is 0 Å². The molecule has 0 unspecified atom stereocenters. The number of benzene rings is 2. The predicted octanol–water partition coefficient (Wildman–Crippen LogP) is 6.13. The van der Waals surface area contributed by atoms with Crippen LogP contribution in [-0.2, 0) is 10.3 Å². The number of carbonyl (C=O) groups excluding carboxylic acids is 1. The van der Waals surface area contributed by atoms with Gasteiger partial charge in [-0.05, 0) is 60.0 Å². The van der Waals surface area contributed by atoms with Crippen molar-refractivity contribution in [3.05, 3.63) is 82.3 Å². The molecule has 4 rings (SSSR count). The van der Waals surface area contributed by atoms with Crippen LogP contribution in [0.5, 0.6) is 0 Å². The van der Waals surface area contributed by atoms with Gasteiger partial charge in [0.1, 0.15) is 11.4 Å². The summed E-state index contributed by atoms with van der Waals surface area (Å²) in [6.07, 6.45) is 1.57. The molecular formula is C25H26FNO3S. The Labute approximate surface area is 185 Å². The van der Waals surface area contributed by atoms with Crippen LogP contribution in [-0.4, -0.2) is 29.3 Å². The number of hydrogen-bond donors (Lipinski definition) is 1.